The second-order valence-corrected chi connectivity index (χ2v) is 10.3. The van der Waals surface area contributed by atoms with Gasteiger partial charge in [0.15, 0.2) is 11.5 Å². The van der Waals surface area contributed by atoms with Gasteiger partial charge in [0.2, 0.25) is 0 Å². The molecule has 1 atom stereocenters. The number of hydrogen-bond acceptors (Lipinski definition) is 6. The van der Waals surface area contributed by atoms with E-state index in [1.807, 2.05) is 31.2 Å². The largest absolute Gasteiger partial charge is 0.507 e. The summed E-state index contributed by atoms with van der Waals surface area (Å²) in [5.41, 5.74) is 2.63. The van der Waals surface area contributed by atoms with Gasteiger partial charge in [-0.15, -0.1) is 0 Å². The highest BCUT2D eigenvalue weighted by molar-refractivity contribution is 6.51. The quantitative estimate of drug-likeness (QED) is 0.264. The van der Waals surface area contributed by atoms with Crippen molar-refractivity contribution in [2.45, 2.75) is 39.2 Å². The molecule has 38 heavy (non-hydrogen) atoms. The van der Waals surface area contributed by atoms with Gasteiger partial charge in [-0.25, -0.2) is 0 Å². The van der Waals surface area contributed by atoms with Crippen LogP contribution in [0.1, 0.15) is 50.4 Å². The van der Waals surface area contributed by atoms with Gasteiger partial charge in [-0.2, -0.15) is 0 Å². The Hall–Kier alpha value is -4.26. The first kappa shape index (κ1) is 25.4. The molecule has 196 valence electrons. The summed E-state index contributed by atoms with van der Waals surface area (Å²) in [6.07, 6.45) is 0. The number of fused-ring (bicyclic) bond motifs is 1. The summed E-state index contributed by atoms with van der Waals surface area (Å²) in [7, 11) is 0. The third kappa shape index (κ3) is 4.60. The fourth-order valence-corrected chi connectivity index (χ4v) is 4.82. The highest BCUT2D eigenvalue weighted by Gasteiger charge is 2.47. The van der Waals surface area contributed by atoms with E-state index < -0.39 is 17.7 Å². The molecule has 2 aliphatic rings. The summed E-state index contributed by atoms with van der Waals surface area (Å²) in [6.45, 7) is 9.53. The number of Topliss-reactive ketones (excluding diaryl/α,β-unsaturated/α-hetero) is 1. The van der Waals surface area contributed by atoms with E-state index in [-0.39, 0.29) is 16.7 Å². The van der Waals surface area contributed by atoms with Gasteiger partial charge in [0.1, 0.15) is 24.7 Å². The highest BCUT2D eigenvalue weighted by atomic mass is 16.6. The van der Waals surface area contributed by atoms with E-state index in [4.69, 9.17) is 14.2 Å². The predicted molar refractivity (Wildman–Crippen MR) is 145 cm³/mol. The van der Waals surface area contributed by atoms with E-state index in [1.165, 1.54) is 4.90 Å². The van der Waals surface area contributed by atoms with Crippen molar-refractivity contribution >= 4 is 23.1 Å². The number of nitrogens with zero attached hydrogens (tertiary/aromatic N) is 1. The second-order valence-electron chi connectivity index (χ2n) is 10.3. The molecule has 7 nitrogen and oxygen atoms in total. The Bertz CT molecular complexity index is 1420. The maximum atomic E-state index is 13.5. The molecule has 1 N–H and O–H groups in total. The average molecular weight is 514 g/mol. The molecule has 0 spiro atoms. The number of amides is 1. The minimum absolute atomic E-state index is 0.0111. The molecule has 1 fully saturated rings. The Labute approximate surface area is 222 Å². The van der Waals surface area contributed by atoms with E-state index in [9.17, 15) is 14.7 Å². The number of rotatable bonds is 5. The number of carbonyl (C=O) groups is 2. The number of ether oxygens (including phenoxy) is 3. The molecular formula is C31H31NO6. The van der Waals surface area contributed by atoms with Gasteiger partial charge in [-0.1, -0.05) is 51.1 Å². The first-order chi connectivity index (χ1) is 18.2. The Morgan fingerprint density at radius 1 is 0.974 bits per heavy atom. The summed E-state index contributed by atoms with van der Waals surface area (Å²) >= 11 is 0. The molecular weight excluding hydrogens is 482 g/mol. The zero-order valence-electron chi connectivity index (χ0n) is 22.0. The van der Waals surface area contributed by atoms with Gasteiger partial charge in [-0.05, 0) is 53.8 Å². The Morgan fingerprint density at radius 2 is 1.68 bits per heavy atom. The van der Waals surface area contributed by atoms with Crippen LogP contribution in [0.2, 0.25) is 0 Å². The van der Waals surface area contributed by atoms with Crippen LogP contribution in [-0.2, 0) is 15.0 Å². The molecule has 0 aromatic heterocycles. The van der Waals surface area contributed by atoms with Gasteiger partial charge in [-0.3, -0.25) is 14.5 Å². The fraction of sp³-hybridized carbons (Fsp3) is 0.290. The van der Waals surface area contributed by atoms with Crippen molar-refractivity contribution in [3.8, 4) is 17.2 Å². The first-order valence-electron chi connectivity index (χ1n) is 12.7. The van der Waals surface area contributed by atoms with Crippen molar-refractivity contribution in [3.05, 3.63) is 89.0 Å². The topological polar surface area (TPSA) is 85.3 Å². The van der Waals surface area contributed by atoms with Crippen molar-refractivity contribution in [2.75, 3.05) is 24.7 Å². The van der Waals surface area contributed by atoms with Gasteiger partial charge >= 0.3 is 0 Å². The molecule has 3 aromatic rings. The summed E-state index contributed by atoms with van der Waals surface area (Å²) in [5.74, 6) is -0.124. The molecule has 7 heteroatoms. The molecule has 2 aliphatic heterocycles. The van der Waals surface area contributed by atoms with Crippen LogP contribution in [0.3, 0.4) is 0 Å². The molecule has 1 unspecified atom stereocenters. The van der Waals surface area contributed by atoms with E-state index in [0.717, 1.165) is 5.56 Å². The van der Waals surface area contributed by atoms with Gasteiger partial charge in [0, 0.05) is 17.3 Å². The van der Waals surface area contributed by atoms with E-state index >= 15 is 0 Å². The van der Waals surface area contributed by atoms with Crippen LogP contribution in [0.15, 0.2) is 72.3 Å². The van der Waals surface area contributed by atoms with Crippen molar-refractivity contribution in [3.63, 3.8) is 0 Å². The summed E-state index contributed by atoms with van der Waals surface area (Å²) in [5, 5.41) is 11.5. The summed E-state index contributed by atoms with van der Waals surface area (Å²) in [4.78, 5) is 28.5. The van der Waals surface area contributed by atoms with E-state index in [1.54, 1.807) is 42.5 Å². The maximum absolute atomic E-state index is 13.5. The number of aliphatic hydroxyl groups excluding tert-OH is 1. The number of benzene rings is 3. The van der Waals surface area contributed by atoms with Crippen LogP contribution < -0.4 is 19.1 Å². The lowest BCUT2D eigenvalue weighted by Gasteiger charge is -2.27. The number of carbonyl (C=O) groups excluding carboxylic acids is 2. The SMILES string of the molecule is CCOc1cccc(N2C(=O)C(=O)/C(=C(\O)c3ccc4c(c3)OCCO4)C2c2ccc(C(C)(C)C)cc2)c1. The average Bonchev–Trinajstić information content (AvgIpc) is 3.18. The molecule has 1 saturated heterocycles. The van der Waals surface area contributed by atoms with Crippen molar-refractivity contribution in [2.24, 2.45) is 0 Å². The van der Waals surface area contributed by atoms with Crippen LogP contribution in [0, 0.1) is 0 Å². The monoisotopic (exact) mass is 513 g/mol. The van der Waals surface area contributed by atoms with Gasteiger partial charge < -0.3 is 19.3 Å². The minimum atomic E-state index is -0.839. The smallest absolute Gasteiger partial charge is 0.300 e. The predicted octanol–water partition coefficient (Wildman–Crippen LogP) is 5.78. The second kappa shape index (κ2) is 9.89. The normalized spacial score (nSPS) is 18.5. The third-order valence-electron chi connectivity index (χ3n) is 6.76. The molecule has 5 rings (SSSR count). The van der Waals surface area contributed by atoms with Crippen molar-refractivity contribution in [1.29, 1.82) is 0 Å². The Kier molecular flexibility index (Phi) is 6.61. The molecule has 2 heterocycles. The molecule has 0 radical (unpaired) electrons. The summed E-state index contributed by atoms with van der Waals surface area (Å²) < 4.78 is 16.9. The lowest BCUT2D eigenvalue weighted by atomic mass is 9.85. The number of anilines is 1. The minimum Gasteiger partial charge on any atom is -0.507 e. The number of hydrogen-bond donors (Lipinski definition) is 1. The highest BCUT2D eigenvalue weighted by Crippen LogP contribution is 2.44. The maximum Gasteiger partial charge on any atom is 0.300 e. The molecule has 3 aromatic carbocycles. The fourth-order valence-electron chi connectivity index (χ4n) is 4.82. The van der Waals surface area contributed by atoms with E-state index in [0.29, 0.717) is 53.9 Å². The van der Waals surface area contributed by atoms with Gasteiger partial charge in [0.05, 0.1) is 18.2 Å². The zero-order valence-corrected chi connectivity index (χ0v) is 22.0. The van der Waals surface area contributed by atoms with Crippen LogP contribution in [0.5, 0.6) is 17.2 Å². The lowest BCUT2D eigenvalue weighted by Crippen LogP contribution is -2.29. The summed E-state index contributed by atoms with van der Waals surface area (Å²) in [6, 6.07) is 19.0. The Morgan fingerprint density at radius 3 is 2.37 bits per heavy atom. The zero-order chi connectivity index (χ0) is 27.0. The van der Waals surface area contributed by atoms with Crippen LogP contribution in [-0.4, -0.2) is 36.6 Å². The Balaban J connectivity index is 1.67. The third-order valence-corrected chi connectivity index (χ3v) is 6.76. The molecule has 1 amide bonds. The van der Waals surface area contributed by atoms with Crippen molar-refractivity contribution < 1.29 is 28.9 Å². The van der Waals surface area contributed by atoms with Crippen LogP contribution in [0.4, 0.5) is 5.69 Å². The molecule has 0 bridgehead atoms. The van der Waals surface area contributed by atoms with Crippen molar-refractivity contribution in [1.82, 2.24) is 0 Å². The van der Waals surface area contributed by atoms with Gasteiger partial charge in [0.25, 0.3) is 11.7 Å². The van der Waals surface area contributed by atoms with Crippen LogP contribution >= 0.6 is 0 Å². The van der Waals surface area contributed by atoms with E-state index in [2.05, 4.69) is 20.8 Å². The standard InChI is InChI=1S/C31H31NO6/c1-5-36-23-8-6-7-22(18-23)32-27(19-9-12-21(13-10-19)31(2,3)4)26(29(34)30(32)35)28(33)20-11-14-24-25(17-20)38-16-15-37-24/h6-14,17-18,27,33H,5,15-16H2,1-4H3/b28-26-. The molecule has 0 saturated carbocycles. The first-order valence-corrected chi connectivity index (χ1v) is 12.7. The number of ketones is 1. The molecule has 0 aliphatic carbocycles. The lowest BCUT2D eigenvalue weighted by molar-refractivity contribution is -0.132. The number of aliphatic hydroxyl groups is 1. The van der Waals surface area contributed by atoms with Crippen LogP contribution in [0.25, 0.3) is 5.76 Å².